The molecule has 0 atom stereocenters. The largest absolute Gasteiger partial charge is 0.336 e. The van der Waals surface area contributed by atoms with Crippen LogP contribution in [0.15, 0.2) is 97.1 Å². The normalized spacial score (nSPS) is 10.8. The molecule has 3 aromatic carbocycles. The van der Waals surface area contributed by atoms with E-state index in [1.807, 2.05) is 55.5 Å². The van der Waals surface area contributed by atoms with Gasteiger partial charge in [0, 0.05) is 28.1 Å². The number of H-pyrrole nitrogens is 1. The minimum atomic E-state index is -0.615. The number of nitriles is 1. The first kappa shape index (κ1) is 31.3. The Labute approximate surface area is 287 Å². The van der Waals surface area contributed by atoms with Gasteiger partial charge in [-0.3, -0.25) is 14.6 Å². The Morgan fingerprint density at radius 1 is 0.653 bits per heavy atom. The number of hydrogen-bond acceptors (Lipinski definition) is 12. The van der Waals surface area contributed by atoms with Crippen molar-refractivity contribution in [2.75, 3.05) is 0 Å². The number of aryl methyl sites for hydroxylation is 2. The first-order valence-electron chi connectivity index (χ1n) is 14.9. The Hall–Kier alpha value is -6.36. The third kappa shape index (κ3) is 6.59. The molecule has 0 aliphatic heterocycles. The summed E-state index contributed by atoms with van der Waals surface area (Å²) in [6.45, 7) is 3.74. The molecule has 11 nitrogen and oxygen atoms in total. The lowest BCUT2D eigenvalue weighted by atomic mass is 10.0. The van der Waals surface area contributed by atoms with Crippen LogP contribution in [-0.2, 0) is 0 Å². The maximum atomic E-state index is 12.2. The van der Waals surface area contributed by atoms with Crippen molar-refractivity contribution in [3.05, 3.63) is 125 Å². The number of fused-ring (bicyclic) bond motifs is 2. The molecule has 49 heavy (non-hydrogen) atoms. The first-order chi connectivity index (χ1) is 23.9. The summed E-state index contributed by atoms with van der Waals surface area (Å²) in [7, 11) is 0. The van der Waals surface area contributed by atoms with E-state index in [0.29, 0.717) is 27.9 Å². The molecule has 0 aliphatic carbocycles. The lowest BCUT2D eigenvalue weighted by molar-refractivity contribution is 0.0814. The lowest BCUT2D eigenvalue weighted by Crippen LogP contribution is -2.16. The number of aromatic nitrogens is 8. The van der Waals surface area contributed by atoms with Crippen LogP contribution >= 0.6 is 23.5 Å². The van der Waals surface area contributed by atoms with E-state index in [1.54, 1.807) is 49.4 Å². The number of nitrogens with zero attached hydrogens (tertiary/aromatic N) is 8. The zero-order valence-electron chi connectivity index (χ0n) is 25.9. The predicted molar refractivity (Wildman–Crippen MR) is 188 cm³/mol. The summed E-state index contributed by atoms with van der Waals surface area (Å²) in [5.41, 5.74) is 10.1. The van der Waals surface area contributed by atoms with Gasteiger partial charge in [-0.2, -0.15) is 22.8 Å². The van der Waals surface area contributed by atoms with Crippen LogP contribution in [0.4, 0.5) is 0 Å². The van der Waals surface area contributed by atoms with Gasteiger partial charge in [0.2, 0.25) is 5.78 Å². The molecule has 0 spiro atoms. The number of ketones is 2. The summed E-state index contributed by atoms with van der Waals surface area (Å²) < 4.78 is 16.7. The predicted octanol–water partition coefficient (Wildman–Crippen LogP) is 7.45. The Kier molecular flexibility index (Phi) is 8.55. The minimum Gasteiger partial charge on any atom is -0.336 e. The fourth-order valence-electron chi connectivity index (χ4n) is 5.06. The van der Waals surface area contributed by atoms with Gasteiger partial charge in [-0.25, -0.2) is 9.97 Å². The molecule has 236 valence electrons. The number of rotatable bonds is 6. The van der Waals surface area contributed by atoms with E-state index in [4.69, 9.17) is 10.2 Å². The Morgan fingerprint density at radius 3 is 1.98 bits per heavy atom. The van der Waals surface area contributed by atoms with Crippen molar-refractivity contribution < 1.29 is 9.59 Å². The number of aromatic amines is 1. The lowest BCUT2D eigenvalue weighted by Gasteiger charge is -2.03. The minimum absolute atomic E-state index is 0.159. The average Bonchev–Trinajstić information content (AvgIpc) is 3.91. The van der Waals surface area contributed by atoms with Crippen LogP contribution < -0.4 is 0 Å². The number of carbonyl (C=O) groups excluding carboxylic acids is 2. The van der Waals surface area contributed by atoms with E-state index in [9.17, 15) is 9.59 Å². The van der Waals surface area contributed by atoms with Gasteiger partial charge < -0.3 is 4.98 Å². The highest BCUT2D eigenvalue weighted by Gasteiger charge is 2.21. The summed E-state index contributed by atoms with van der Waals surface area (Å²) in [6.07, 6.45) is 0. The van der Waals surface area contributed by atoms with Crippen molar-refractivity contribution in [3.63, 3.8) is 0 Å². The summed E-state index contributed by atoms with van der Waals surface area (Å²) >= 11 is 2.27. The van der Waals surface area contributed by atoms with Crippen LogP contribution in [0.1, 0.15) is 37.8 Å². The SMILES string of the molecule is Cc1cccc(-c2[nH]c(-c3ccc(C#N)cc3)nc2-c2ccc3nsnc3c2)n1.Cc1cccc(C(=O)C(=O)c2ccc3nsnc3c2)n1. The molecule has 0 unspecified atom stereocenters. The van der Waals surface area contributed by atoms with Gasteiger partial charge in [0.25, 0.3) is 5.78 Å². The molecule has 0 amide bonds. The molecule has 0 aliphatic rings. The smallest absolute Gasteiger partial charge is 0.251 e. The molecule has 8 rings (SSSR count). The van der Waals surface area contributed by atoms with Crippen LogP contribution in [-0.4, -0.2) is 49.0 Å². The third-order valence-electron chi connectivity index (χ3n) is 7.51. The molecule has 0 fully saturated rings. The molecule has 13 heteroatoms. The summed E-state index contributed by atoms with van der Waals surface area (Å²) in [5.74, 6) is -0.478. The molecule has 0 radical (unpaired) electrons. The number of carbonyl (C=O) groups is 2. The van der Waals surface area contributed by atoms with Crippen molar-refractivity contribution in [1.82, 2.24) is 37.4 Å². The average molecular weight is 678 g/mol. The molecule has 8 aromatic rings. The van der Waals surface area contributed by atoms with E-state index in [1.165, 1.54) is 17.8 Å². The Bertz CT molecular complexity index is 2550. The number of hydrogen-bond donors (Lipinski definition) is 1. The van der Waals surface area contributed by atoms with Crippen LogP contribution in [0.2, 0.25) is 0 Å². The highest BCUT2D eigenvalue weighted by molar-refractivity contribution is 7.00. The Morgan fingerprint density at radius 2 is 1.29 bits per heavy atom. The molecule has 0 saturated carbocycles. The number of nitrogens with one attached hydrogen (secondary N) is 1. The van der Waals surface area contributed by atoms with Gasteiger partial charge >= 0.3 is 0 Å². The quantitative estimate of drug-likeness (QED) is 0.138. The highest BCUT2D eigenvalue weighted by Crippen LogP contribution is 2.33. The monoisotopic (exact) mass is 677 g/mol. The van der Waals surface area contributed by atoms with Crippen LogP contribution in [0.5, 0.6) is 0 Å². The molecular weight excluding hydrogens is 655 g/mol. The van der Waals surface area contributed by atoms with Crippen LogP contribution in [0.3, 0.4) is 0 Å². The van der Waals surface area contributed by atoms with Crippen LogP contribution in [0, 0.1) is 25.2 Å². The second-order valence-electron chi connectivity index (χ2n) is 10.9. The number of imidazole rings is 1. The summed E-state index contributed by atoms with van der Waals surface area (Å²) in [4.78, 5) is 41.4. The van der Waals surface area contributed by atoms with Crippen molar-refractivity contribution in [3.8, 4) is 40.1 Å². The summed E-state index contributed by atoms with van der Waals surface area (Å²) in [6, 6.07) is 31.2. The van der Waals surface area contributed by atoms with Gasteiger partial charge in [-0.15, -0.1) is 0 Å². The zero-order valence-corrected chi connectivity index (χ0v) is 27.6. The first-order valence-corrected chi connectivity index (χ1v) is 16.3. The zero-order chi connectivity index (χ0) is 33.9. The fourth-order valence-corrected chi connectivity index (χ4v) is 6.09. The van der Waals surface area contributed by atoms with Gasteiger partial charge in [0.15, 0.2) is 0 Å². The maximum absolute atomic E-state index is 12.2. The van der Waals surface area contributed by atoms with E-state index in [-0.39, 0.29) is 5.69 Å². The van der Waals surface area contributed by atoms with Crippen molar-refractivity contribution in [1.29, 1.82) is 5.26 Å². The Balaban J connectivity index is 0.000000166. The van der Waals surface area contributed by atoms with Crippen LogP contribution in [0.25, 0.3) is 56.1 Å². The maximum Gasteiger partial charge on any atom is 0.251 e. The molecule has 0 bridgehead atoms. The molecule has 1 N–H and O–H groups in total. The third-order valence-corrected chi connectivity index (χ3v) is 8.62. The molecular formula is C36H23N9O2S2. The highest BCUT2D eigenvalue weighted by atomic mass is 32.1. The fraction of sp³-hybridized carbons (Fsp3) is 0.0556. The number of pyridine rings is 2. The molecule has 5 heterocycles. The second-order valence-corrected chi connectivity index (χ2v) is 12.0. The molecule has 5 aromatic heterocycles. The van der Waals surface area contributed by atoms with Gasteiger partial charge in [0.1, 0.15) is 33.6 Å². The van der Waals surface area contributed by atoms with E-state index in [2.05, 4.69) is 38.5 Å². The molecule has 0 saturated heterocycles. The van der Waals surface area contributed by atoms with Gasteiger partial charge in [-0.1, -0.05) is 18.2 Å². The van der Waals surface area contributed by atoms with E-state index < -0.39 is 11.6 Å². The van der Waals surface area contributed by atoms with E-state index >= 15 is 0 Å². The second kappa shape index (κ2) is 13.4. The van der Waals surface area contributed by atoms with Crippen molar-refractivity contribution in [2.24, 2.45) is 0 Å². The number of benzene rings is 3. The van der Waals surface area contributed by atoms with Gasteiger partial charge in [-0.05, 0) is 92.7 Å². The van der Waals surface area contributed by atoms with Gasteiger partial charge in [0.05, 0.1) is 52.2 Å². The van der Waals surface area contributed by atoms with Crippen molar-refractivity contribution >= 4 is 57.1 Å². The standard InChI is InChI=1S/C22H14N6S.C14H9N3O2S/c1-13-3-2-4-18(24-13)21-20(16-9-10-17-19(11-16)28-29-27-17)25-22(26-21)15-7-5-14(12-23)6-8-15;1-8-3-2-4-11(15-8)14(19)13(18)9-5-6-10-12(7-9)17-20-16-10/h2-11H,1H3,(H,25,26);2-7H,1H3. The number of Topliss-reactive ketones (excluding diaryl/α,β-unsaturated/α-hetero) is 2. The topological polar surface area (TPSA) is 164 Å². The van der Waals surface area contributed by atoms with Crippen molar-refractivity contribution in [2.45, 2.75) is 13.8 Å². The summed E-state index contributed by atoms with van der Waals surface area (Å²) in [5, 5.41) is 9.05. The van der Waals surface area contributed by atoms with E-state index in [0.717, 1.165) is 62.5 Å².